The minimum atomic E-state index is 0.875. The van der Waals surface area contributed by atoms with Crippen LogP contribution in [-0.2, 0) is 12.8 Å². The second-order valence-corrected chi connectivity index (χ2v) is 18.8. The fraction of sp³-hybridized carbons (Fsp3) is 0.695. The Bertz CT molecular complexity index is 1560. The van der Waals surface area contributed by atoms with Crippen LogP contribution in [-0.4, -0.2) is 4.70 Å². The maximum atomic E-state index is 12.2. The predicted molar refractivity (Wildman–Crippen MR) is 270 cm³/mol. The summed E-state index contributed by atoms with van der Waals surface area (Å²) in [5, 5.41) is 0. The number of allylic oxidation sites excluding steroid dienone is 2. The van der Waals surface area contributed by atoms with Crippen molar-refractivity contribution in [3.8, 4) is 11.8 Å². The molecule has 0 fully saturated rings. The van der Waals surface area contributed by atoms with E-state index < -0.39 is 0 Å². The first-order valence-corrected chi connectivity index (χ1v) is 26.8. The minimum Gasteiger partial charge on any atom is -0.493 e. The second kappa shape index (κ2) is 35.5. The molecule has 2 nitrogen and oxygen atoms in total. The molecule has 1 aliphatic heterocycles. The Balaban J connectivity index is 1.44. The standard InChI is InChI=1S/C59H94N2/c1-5-9-13-15-16-17-18-19-20-21-22-23-24-25-26-27-28-29-30-31-32-33-34-35-36-39-49-57-56(48-37-11-7-3)58(55-47-41-45-53(51-55)43-38-14-10-6-2)61(60)59(57)54-46-40-44-52(50-54)42-12-8-4/h40-41,44-47,50-51H,5-38,42-43,48H2,1-4H3. The van der Waals surface area contributed by atoms with E-state index >= 15 is 0 Å². The molecule has 0 saturated heterocycles. The summed E-state index contributed by atoms with van der Waals surface area (Å²) in [5.74, 6) is 7.33. The fourth-order valence-electron chi connectivity index (χ4n) is 9.31. The van der Waals surface area contributed by atoms with Gasteiger partial charge >= 0.3 is 0 Å². The first kappa shape index (κ1) is 52.4. The van der Waals surface area contributed by atoms with E-state index in [9.17, 15) is 5.53 Å². The van der Waals surface area contributed by atoms with Crippen molar-refractivity contribution in [1.82, 2.24) is 0 Å². The van der Waals surface area contributed by atoms with Crippen LogP contribution < -0.4 is 0 Å². The van der Waals surface area contributed by atoms with Crippen LogP contribution in [0.2, 0.25) is 0 Å². The largest absolute Gasteiger partial charge is 0.493 e. The van der Waals surface area contributed by atoms with Gasteiger partial charge in [0.25, 0.3) is 0 Å². The minimum absolute atomic E-state index is 0.875. The molecule has 0 spiro atoms. The van der Waals surface area contributed by atoms with Crippen molar-refractivity contribution < 1.29 is 4.70 Å². The quantitative estimate of drug-likeness (QED) is 0.0366. The van der Waals surface area contributed by atoms with Gasteiger partial charge in [-0.25, -0.2) is 4.70 Å². The van der Waals surface area contributed by atoms with Crippen LogP contribution in [0.1, 0.15) is 275 Å². The Labute approximate surface area is 379 Å². The molecule has 0 bridgehead atoms. The van der Waals surface area contributed by atoms with Crippen LogP contribution in [0.3, 0.4) is 0 Å². The van der Waals surface area contributed by atoms with E-state index in [0.29, 0.717) is 0 Å². The van der Waals surface area contributed by atoms with Gasteiger partial charge in [-0.1, -0.05) is 250 Å². The lowest BCUT2D eigenvalue weighted by Gasteiger charge is -2.11. The molecule has 0 saturated carbocycles. The van der Waals surface area contributed by atoms with Gasteiger partial charge in [-0.05, 0) is 80.3 Å². The van der Waals surface area contributed by atoms with E-state index in [-0.39, 0.29) is 0 Å². The molecular weight excluding hydrogens is 737 g/mol. The summed E-state index contributed by atoms with van der Waals surface area (Å²) in [6, 6.07) is 17.9. The van der Waals surface area contributed by atoms with E-state index in [1.165, 1.54) is 220 Å². The molecule has 0 aromatic heterocycles. The summed E-state index contributed by atoms with van der Waals surface area (Å²) in [6.07, 6.45) is 48.9. The zero-order valence-corrected chi connectivity index (χ0v) is 40.7. The van der Waals surface area contributed by atoms with Crippen molar-refractivity contribution in [1.29, 1.82) is 0 Å². The third kappa shape index (κ3) is 22.3. The molecule has 1 heterocycles. The van der Waals surface area contributed by atoms with Gasteiger partial charge in [0.15, 0.2) is 0 Å². The van der Waals surface area contributed by atoms with E-state index in [2.05, 4.69) is 88.1 Å². The van der Waals surface area contributed by atoms with Crippen molar-refractivity contribution >= 4 is 11.4 Å². The molecule has 0 amide bonds. The number of hydrogen-bond donors (Lipinski definition) is 0. The second-order valence-electron chi connectivity index (χ2n) is 18.8. The molecule has 2 aromatic carbocycles. The number of benzene rings is 2. The molecule has 0 aliphatic carbocycles. The lowest BCUT2D eigenvalue weighted by Crippen LogP contribution is -2.03. The highest BCUT2D eigenvalue weighted by molar-refractivity contribution is 5.85. The van der Waals surface area contributed by atoms with Gasteiger partial charge < -0.3 is 5.53 Å². The fourth-order valence-corrected chi connectivity index (χ4v) is 9.31. The highest BCUT2D eigenvalue weighted by atomic mass is 15.2. The molecule has 0 N–H and O–H groups in total. The predicted octanol–water partition coefficient (Wildman–Crippen LogP) is 19.7. The van der Waals surface area contributed by atoms with Gasteiger partial charge in [0.05, 0.1) is 0 Å². The third-order valence-electron chi connectivity index (χ3n) is 13.2. The molecular formula is C59H94N2. The van der Waals surface area contributed by atoms with Crippen LogP contribution >= 0.6 is 0 Å². The lowest BCUT2D eigenvalue weighted by atomic mass is 9.94. The van der Waals surface area contributed by atoms with Gasteiger partial charge in [0.1, 0.15) is 5.57 Å². The first-order valence-electron chi connectivity index (χ1n) is 26.8. The highest BCUT2D eigenvalue weighted by Crippen LogP contribution is 2.43. The van der Waals surface area contributed by atoms with Gasteiger partial charge in [0, 0.05) is 23.1 Å². The summed E-state index contributed by atoms with van der Waals surface area (Å²) < 4.78 is 1.51. The van der Waals surface area contributed by atoms with Crippen molar-refractivity contribution in [3.63, 3.8) is 0 Å². The van der Waals surface area contributed by atoms with Crippen LogP contribution in [0.5, 0.6) is 0 Å². The topological polar surface area (TPSA) is 25.3 Å². The zero-order chi connectivity index (χ0) is 43.4. The molecule has 1 aliphatic rings. The summed E-state index contributed by atoms with van der Waals surface area (Å²) in [7, 11) is 0. The summed E-state index contributed by atoms with van der Waals surface area (Å²) in [6.45, 7) is 9.11. The Morgan fingerprint density at radius 2 is 0.754 bits per heavy atom. The van der Waals surface area contributed by atoms with Crippen LogP contribution in [0, 0.1) is 11.8 Å². The smallest absolute Gasteiger partial charge is 0.223 e. The normalized spacial score (nSPS) is 12.8. The molecule has 3 rings (SSSR count). The van der Waals surface area contributed by atoms with E-state index in [1.54, 1.807) is 0 Å². The number of aryl methyl sites for hydroxylation is 2. The number of unbranched alkanes of at least 4 members (excludes halogenated alkanes) is 30. The molecule has 0 radical (unpaired) electrons. The molecule has 340 valence electrons. The Hall–Kier alpha value is -2.92. The Kier molecular flexibility index (Phi) is 30.5. The molecule has 0 unspecified atom stereocenters. The maximum absolute atomic E-state index is 12.2. The summed E-state index contributed by atoms with van der Waals surface area (Å²) in [5.41, 5.74) is 21.2. The SMILES string of the molecule is CCCCCCCCCCCCCCCCCCCCCCCCCCC#CC1=C(c2cccc(CCCC)c2)[N+](=[N-])C(c2cccc(CCCCCC)c2)=C1CCCCC. The zero-order valence-electron chi connectivity index (χ0n) is 40.7. The van der Waals surface area contributed by atoms with Crippen LogP contribution in [0.15, 0.2) is 59.7 Å². The van der Waals surface area contributed by atoms with Gasteiger partial charge in [-0.15, -0.1) is 0 Å². The summed E-state index contributed by atoms with van der Waals surface area (Å²) >= 11 is 0. The van der Waals surface area contributed by atoms with E-state index in [0.717, 1.165) is 66.6 Å². The Morgan fingerprint density at radius 1 is 0.393 bits per heavy atom. The molecule has 2 heteroatoms. The molecule has 2 aromatic rings. The van der Waals surface area contributed by atoms with Crippen molar-refractivity contribution in [3.05, 3.63) is 87.5 Å². The Morgan fingerprint density at radius 3 is 1.21 bits per heavy atom. The van der Waals surface area contributed by atoms with Crippen molar-refractivity contribution in [2.24, 2.45) is 0 Å². The average molecular weight is 831 g/mol. The highest BCUT2D eigenvalue weighted by Gasteiger charge is 2.35. The van der Waals surface area contributed by atoms with Crippen molar-refractivity contribution in [2.45, 2.75) is 265 Å². The molecule has 0 atom stereocenters. The number of hydrogen-bond acceptors (Lipinski definition) is 0. The van der Waals surface area contributed by atoms with Crippen LogP contribution in [0.4, 0.5) is 0 Å². The number of nitrogens with zero attached hydrogens (tertiary/aromatic N) is 2. The van der Waals surface area contributed by atoms with E-state index in [4.69, 9.17) is 0 Å². The van der Waals surface area contributed by atoms with Gasteiger partial charge in [-0.3, -0.25) is 0 Å². The lowest BCUT2D eigenvalue weighted by molar-refractivity contribution is -0.345. The number of rotatable bonds is 38. The summed E-state index contributed by atoms with van der Waals surface area (Å²) in [4.78, 5) is 0. The third-order valence-corrected chi connectivity index (χ3v) is 13.2. The van der Waals surface area contributed by atoms with E-state index in [1.807, 2.05) is 0 Å². The monoisotopic (exact) mass is 831 g/mol. The first-order chi connectivity index (χ1) is 30.1. The maximum Gasteiger partial charge on any atom is 0.223 e. The van der Waals surface area contributed by atoms with Crippen molar-refractivity contribution in [2.75, 3.05) is 0 Å². The average Bonchev–Trinajstić information content (AvgIpc) is 3.55. The molecule has 61 heavy (non-hydrogen) atoms. The van der Waals surface area contributed by atoms with Crippen LogP contribution in [0.25, 0.3) is 16.9 Å². The van der Waals surface area contributed by atoms with Gasteiger partial charge in [-0.2, -0.15) is 0 Å². The van der Waals surface area contributed by atoms with Gasteiger partial charge in [0.2, 0.25) is 11.4 Å².